The van der Waals surface area contributed by atoms with Gasteiger partial charge in [0.2, 0.25) is 0 Å². The number of carbonyl (C=O) groups is 2. The average Bonchev–Trinajstić information content (AvgIpc) is 2.51. The van der Waals surface area contributed by atoms with E-state index >= 15 is 0 Å². The lowest BCUT2D eigenvalue weighted by Gasteiger charge is -2.25. The van der Waals surface area contributed by atoms with Gasteiger partial charge in [-0.25, -0.2) is 0 Å². The van der Waals surface area contributed by atoms with Crippen molar-refractivity contribution in [1.29, 1.82) is 5.26 Å². The summed E-state index contributed by atoms with van der Waals surface area (Å²) in [5.74, 6) is -0.652. The van der Waals surface area contributed by atoms with Crippen LogP contribution in [0.4, 0.5) is 5.69 Å². The highest BCUT2D eigenvalue weighted by molar-refractivity contribution is 5.66. The number of esters is 2. The first kappa shape index (κ1) is 18.5. The van der Waals surface area contributed by atoms with Crippen LogP contribution in [0.1, 0.15) is 25.8 Å². The molecule has 0 spiro atoms. The zero-order valence-corrected chi connectivity index (χ0v) is 13.6. The van der Waals surface area contributed by atoms with E-state index in [-0.39, 0.29) is 25.2 Å². The minimum Gasteiger partial charge on any atom is -0.464 e. The fourth-order valence-corrected chi connectivity index (χ4v) is 2.08. The van der Waals surface area contributed by atoms with E-state index in [0.29, 0.717) is 25.9 Å². The molecule has 0 unspecified atom stereocenters. The predicted octanol–water partition coefficient (Wildman–Crippen LogP) is 2.08. The number of rotatable bonds is 9. The van der Waals surface area contributed by atoms with Gasteiger partial charge in [-0.1, -0.05) is 12.1 Å². The highest BCUT2D eigenvalue weighted by atomic mass is 16.5. The van der Waals surface area contributed by atoms with Crippen molar-refractivity contribution < 1.29 is 19.1 Å². The lowest BCUT2D eigenvalue weighted by atomic mass is 10.1. The molecule has 0 N–H and O–H groups in total. The van der Waals surface area contributed by atoms with E-state index in [4.69, 9.17) is 14.7 Å². The maximum atomic E-state index is 10.9. The van der Waals surface area contributed by atoms with Crippen molar-refractivity contribution in [3.63, 3.8) is 0 Å². The van der Waals surface area contributed by atoms with Gasteiger partial charge in [-0.3, -0.25) is 9.59 Å². The maximum Gasteiger partial charge on any atom is 0.302 e. The molecular formula is C17H22N2O4. The number of hydrogen-bond donors (Lipinski definition) is 0. The van der Waals surface area contributed by atoms with E-state index in [0.717, 1.165) is 11.3 Å². The summed E-state index contributed by atoms with van der Waals surface area (Å²) in [6.07, 6.45) is 1.15. The van der Waals surface area contributed by atoms with Crippen molar-refractivity contribution >= 4 is 17.6 Å². The first-order chi connectivity index (χ1) is 11.0. The van der Waals surface area contributed by atoms with Gasteiger partial charge in [0.05, 0.1) is 19.2 Å². The van der Waals surface area contributed by atoms with Crippen molar-refractivity contribution in [3.8, 4) is 6.07 Å². The third kappa shape index (κ3) is 7.86. The number of benzene rings is 1. The Morgan fingerprint density at radius 2 is 1.74 bits per heavy atom. The minimum atomic E-state index is -0.326. The fourth-order valence-electron chi connectivity index (χ4n) is 2.08. The summed E-state index contributed by atoms with van der Waals surface area (Å²) < 4.78 is 9.97. The molecule has 0 heterocycles. The van der Waals surface area contributed by atoms with Gasteiger partial charge in [-0.05, 0) is 24.1 Å². The average molecular weight is 318 g/mol. The predicted molar refractivity (Wildman–Crippen MR) is 85.9 cm³/mol. The van der Waals surface area contributed by atoms with Crippen LogP contribution >= 0.6 is 0 Å². The van der Waals surface area contributed by atoms with Gasteiger partial charge in [-0.15, -0.1) is 0 Å². The highest BCUT2D eigenvalue weighted by Crippen LogP contribution is 2.17. The molecule has 0 amide bonds. The van der Waals surface area contributed by atoms with E-state index in [1.807, 2.05) is 29.2 Å². The van der Waals surface area contributed by atoms with E-state index < -0.39 is 0 Å². The monoisotopic (exact) mass is 318 g/mol. The summed E-state index contributed by atoms with van der Waals surface area (Å²) in [5.41, 5.74) is 2.01. The Bertz CT molecular complexity index is 546. The Hall–Kier alpha value is -2.55. The zero-order chi connectivity index (χ0) is 17.1. The maximum absolute atomic E-state index is 10.9. The molecule has 0 aliphatic carbocycles. The first-order valence-corrected chi connectivity index (χ1v) is 7.50. The van der Waals surface area contributed by atoms with Gasteiger partial charge in [0, 0.05) is 26.0 Å². The van der Waals surface area contributed by atoms with Crippen LogP contribution in [0.2, 0.25) is 0 Å². The number of carbonyl (C=O) groups excluding carboxylic acids is 2. The Morgan fingerprint density at radius 1 is 1.13 bits per heavy atom. The molecule has 1 rings (SSSR count). The number of anilines is 1. The molecule has 6 heteroatoms. The van der Waals surface area contributed by atoms with Crippen LogP contribution in [0, 0.1) is 11.3 Å². The standard InChI is InChI=1S/C17H22N2O4/c1-14(20)22-11-9-19(10-12-23-15(2)21)17-7-3-5-16(13-17)6-4-8-18/h3,5,7,13H,4,6,9-12H2,1-2H3. The SMILES string of the molecule is CC(=O)OCCN(CCOC(C)=O)c1cccc(CCC#N)c1. The van der Waals surface area contributed by atoms with Crippen molar-refractivity contribution in [3.05, 3.63) is 29.8 Å². The quantitative estimate of drug-likeness (QED) is 0.649. The number of nitrogens with zero attached hydrogens (tertiary/aromatic N) is 2. The van der Waals surface area contributed by atoms with Crippen LogP contribution in [0.5, 0.6) is 0 Å². The largest absolute Gasteiger partial charge is 0.464 e. The number of ether oxygens (including phenoxy) is 2. The second-order valence-electron chi connectivity index (χ2n) is 5.00. The summed E-state index contributed by atoms with van der Waals surface area (Å²) in [5, 5.41) is 8.68. The van der Waals surface area contributed by atoms with Crippen LogP contribution < -0.4 is 4.90 Å². The molecule has 6 nitrogen and oxygen atoms in total. The van der Waals surface area contributed by atoms with Crippen molar-refractivity contribution in [2.75, 3.05) is 31.2 Å². The molecule has 0 saturated carbocycles. The Morgan fingerprint density at radius 3 is 2.26 bits per heavy atom. The molecule has 1 aromatic rings. The third-order valence-corrected chi connectivity index (χ3v) is 3.13. The topological polar surface area (TPSA) is 79.6 Å². The molecule has 0 fully saturated rings. The van der Waals surface area contributed by atoms with Crippen LogP contribution in [-0.2, 0) is 25.5 Å². The molecule has 0 bridgehead atoms. The molecule has 0 aliphatic rings. The first-order valence-electron chi connectivity index (χ1n) is 7.50. The molecule has 0 atom stereocenters. The summed E-state index contributed by atoms with van der Waals surface area (Å²) in [6, 6.07) is 9.96. The fraction of sp³-hybridized carbons (Fsp3) is 0.471. The third-order valence-electron chi connectivity index (χ3n) is 3.13. The molecule has 0 saturated heterocycles. The Labute approximate surface area is 136 Å². The smallest absolute Gasteiger partial charge is 0.302 e. The Balaban J connectivity index is 2.73. The Kier molecular flexibility index (Phi) is 8.22. The summed E-state index contributed by atoms with van der Waals surface area (Å²) in [6.45, 7) is 4.26. The number of aryl methyl sites for hydroxylation is 1. The van der Waals surface area contributed by atoms with E-state index in [1.54, 1.807) is 0 Å². The van der Waals surface area contributed by atoms with Gasteiger partial charge in [0.1, 0.15) is 13.2 Å². The molecule has 0 aromatic heterocycles. The van der Waals surface area contributed by atoms with Gasteiger partial charge in [-0.2, -0.15) is 5.26 Å². The molecule has 23 heavy (non-hydrogen) atoms. The van der Waals surface area contributed by atoms with E-state index in [2.05, 4.69) is 6.07 Å². The van der Waals surface area contributed by atoms with Gasteiger partial charge < -0.3 is 14.4 Å². The van der Waals surface area contributed by atoms with E-state index in [9.17, 15) is 9.59 Å². The van der Waals surface area contributed by atoms with Crippen LogP contribution in [-0.4, -0.2) is 38.2 Å². The van der Waals surface area contributed by atoms with Crippen molar-refractivity contribution in [2.24, 2.45) is 0 Å². The van der Waals surface area contributed by atoms with Gasteiger partial charge in [0.25, 0.3) is 0 Å². The van der Waals surface area contributed by atoms with Gasteiger partial charge in [0.15, 0.2) is 0 Å². The molecule has 1 aromatic carbocycles. The van der Waals surface area contributed by atoms with Crippen molar-refractivity contribution in [2.45, 2.75) is 26.7 Å². The molecule has 0 aliphatic heterocycles. The normalized spacial score (nSPS) is 9.78. The van der Waals surface area contributed by atoms with Crippen LogP contribution in [0.3, 0.4) is 0 Å². The number of nitriles is 1. The zero-order valence-electron chi connectivity index (χ0n) is 13.6. The van der Waals surface area contributed by atoms with E-state index in [1.165, 1.54) is 13.8 Å². The summed E-state index contributed by atoms with van der Waals surface area (Å²) in [4.78, 5) is 23.8. The van der Waals surface area contributed by atoms with Crippen molar-refractivity contribution in [1.82, 2.24) is 0 Å². The summed E-state index contributed by atoms with van der Waals surface area (Å²) in [7, 11) is 0. The molecule has 0 radical (unpaired) electrons. The lowest BCUT2D eigenvalue weighted by Crippen LogP contribution is -2.31. The second-order valence-corrected chi connectivity index (χ2v) is 5.00. The van der Waals surface area contributed by atoms with Gasteiger partial charge >= 0.3 is 11.9 Å². The highest BCUT2D eigenvalue weighted by Gasteiger charge is 2.09. The van der Waals surface area contributed by atoms with Crippen LogP contribution in [0.25, 0.3) is 0 Å². The van der Waals surface area contributed by atoms with Crippen LogP contribution in [0.15, 0.2) is 24.3 Å². The summed E-state index contributed by atoms with van der Waals surface area (Å²) >= 11 is 0. The minimum absolute atomic E-state index is 0.262. The number of hydrogen-bond acceptors (Lipinski definition) is 6. The molecule has 124 valence electrons. The second kappa shape index (κ2) is 10.2. The molecular weight excluding hydrogens is 296 g/mol. The lowest BCUT2D eigenvalue weighted by molar-refractivity contribution is -0.141.